The van der Waals surface area contributed by atoms with E-state index in [2.05, 4.69) is 38.2 Å². The first-order valence-corrected chi connectivity index (χ1v) is 20.8. The van der Waals surface area contributed by atoms with Crippen LogP contribution in [0, 0.1) is 0 Å². The molecule has 288 valence electrons. The Bertz CT molecular complexity index is 803. The van der Waals surface area contributed by atoms with E-state index in [1.54, 1.807) is 0 Å². The van der Waals surface area contributed by atoms with E-state index in [0.717, 1.165) is 57.8 Å². The highest BCUT2D eigenvalue weighted by Gasteiger charge is 2.32. The Balaban J connectivity index is 4.15. The summed E-state index contributed by atoms with van der Waals surface area (Å²) in [5, 5.41) is 10.1. The van der Waals surface area contributed by atoms with E-state index < -0.39 is 24.4 Å². The fourth-order valence-corrected chi connectivity index (χ4v) is 6.13. The van der Waals surface area contributed by atoms with Gasteiger partial charge in [0.15, 0.2) is 6.10 Å². The molecule has 0 aliphatic rings. The molecule has 0 bridgehead atoms. The van der Waals surface area contributed by atoms with E-state index in [1.165, 1.54) is 109 Å². The van der Waals surface area contributed by atoms with Crippen molar-refractivity contribution in [1.29, 1.82) is 0 Å². The van der Waals surface area contributed by atoms with Crippen molar-refractivity contribution >= 4 is 11.9 Å². The molecule has 0 radical (unpaired) electrons. The molecule has 2 unspecified atom stereocenters. The van der Waals surface area contributed by atoms with Crippen molar-refractivity contribution in [3.8, 4) is 0 Å². The molecule has 0 spiro atoms. The molecule has 0 heterocycles. The summed E-state index contributed by atoms with van der Waals surface area (Å²) in [6, 6.07) is 0. The van der Waals surface area contributed by atoms with Crippen LogP contribution in [0.2, 0.25) is 0 Å². The average Bonchev–Trinajstić information content (AvgIpc) is 3.06. The SMILES string of the molecule is CCCCCCCCC=CCCCCCCCC(=O)OC(CO)C(CC(C)(C)N)OC(=O)CCCCCCCC=CCCCCCCCC. The number of aliphatic hydroxyl groups is 1. The number of esters is 2. The molecule has 0 aliphatic heterocycles. The third-order valence-electron chi connectivity index (χ3n) is 9.17. The van der Waals surface area contributed by atoms with Crippen molar-refractivity contribution in [2.45, 2.75) is 232 Å². The van der Waals surface area contributed by atoms with Gasteiger partial charge in [-0.25, -0.2) is 0 Å². The van der Waals surface area contributed by atoms with Gasteiger partial charge in [0.05, 0.1) is 6.61 Å². The van der Waals surface area contributed by atoms with Crippen LogP contribution in [0.3, 0.4) is 0 Å². The zero-order valence-electron chi connectivity index (χ0n) is 32.8. The van der Waals surface area contributed by atoms with Gasteiger partial charge in [-0.05, 0) is 78.1 Å². The molecule has 0 aliphatic carbocycles. The fourth-order valence-electron chi connectivity index (χ4n) is 6.13. The normalized spacial score (nSPS) is 13.3. The van der Waals surface area contributed by atoms with Crippen LogP contribution >= 0.6 is 0 Å². The summed E-state index contributed by atoms with van der Waals surface area (Å²) in [5.74, 6) is -0.677. The van der Waals surface area contributed by atoms with Crippen molar-refractivity contribution in [2.75, 3.05) is 6.61 Å². The molecule has 0 saturated carbocycles. The molecule has 0 amide bonds. The second-order valence-electron chi connectivity index (χ2n) is 15.1. The van der Waals surface area contributed by atoms with Gasteiger partial charge in [-0.1, -0.05) is 141 Å². The van der Waals surface area contributed by atoms with Crippen LogP contribution < -0.4 is 5.73 Å². The molecule has 6 heteroatoms. The van der Waals surface area contributed by atoms with Crippen molar-refractivity contribution in [1.82, 2.24) is 0 Å². The first kappa shape index (κ1) is 47.3. The second kappa shape index (κ2) is 34.8. The molecule has 49 heavy (non-hydrogen) atoms. The quantitative estimate of drug-likeness (QED) is 0.0385. The lowest BCUT2D eigenvalue weighted by molar-refractivity contribution is -0.173. The summed E-state index contributed by atoms with van der Waals surface area (Å²) in [6.45, 7) is 7.80. The Labute approximate surface area is 303 Å². The number of allylic oxidation sites excluding steroid dienone is 4. The fraction of sp³-hybridized carbons (Fsp3) is 0.860. The smallest absolute Gasteiger partial charge is 0.306 e. The molecule has 2 atom stereocenters. The van der Waals surface area contributed by atoms with Gasteiger partial charge in [-0.3, -0.25) is 9.59 Å². The van der Waals surface area contributed by atoms with Crippen molar-refractivity contribution in [3.63, 3.8) is 0 Å². The number of carbonyl (C=O) groups is 2. The number of carbonyl (C=O) groups excluding carboxylic acids is 2. The van der Waals surface area contributed by atoms with Crippen LogP contribution in [0.1, 0.15) is 214 Å². The van der Waals surface area contributed by atoms with Crippen molar-refractivity contribution in [2.24, 2.45) is 5.73 Å². The van der Waals surface area contributed by atoms with Crippen LogP contribution in [-0.4, -0.2) is 41.4 Å². The van der Waals surface area contributed by atoms with E-state index in [9.17, 15) is 14.7 Å². The van der Waals surface area contributed by atoms with Gasteiger partial charge in [0, 0.05) is 24.8 Å². The summed E-state index contributed by atoms with van der Waals surface area (Å²) >= 11 is 0. The first-order valence-electron chi connectivity index (χ1n) is 20.8. The standard InChI is InChI=1S/C43H81NO5/c1-5-7-9-11-13-15-17-19-21-23-25-27-29-31-33-35-41(46)48-39(37-43(3,4)44)40(38-45)49-42(47)36-34-32-30-28-26-24-22-20-18-16-14-12-10-8-6-2/h19-22,39-40,45H,5-18,23-38,44H2,1-4H3. The van der Waals surface area contributed by atoms with Gasteiger partial charge in [0.1, 0.15) is 6.10 Å². The Morgan fingerprint density at radius 2 is 0.837 bits per heavy atom. The van der Waals surface area contributed by atoms with Gasteiger partial charge in [0.25, 0.3) is 0 Å². The molecule has 6 nitrogen and oxygen atoms in total. The minimum Gasteiger partial charge on any atom is -0.458 e. The Hall–Kier alpha value is -1.66. The largest absolute Gasteiger partial charge is 0.458 e. The molecule has 0 aromatic carbocycles. The third-order valence-corrected chi connectivity index (χ3v) is 9.17. The number of ether oxygens (including phenoxy) is 2. The molecular weight excluding hydrogens is 610 g/mol. The lowest BCUT2D eigenvalue weighted by atomic mass is 9.95. The number of hydrogen-bond donors (Lipinski definition) is 2. The highest BCUT2D eigenvalue weighted by atomic mass is 16.6. The predicted octanol–water partition coefficient (Wildman–Crippen LogP) is 12.0. The van der Waals surface area contributed by atoms with Crippen LogP contribution in [0.4, 0.5) is 0 Å². The Morgan fingerprint density at radius 1 is 0.531 bits per heavy atom. The molecule has 0 fully saturated rings. The summed E-state index contributed by atoms with van der Waals surface area (Å²) in [6.07, 6.45) is 39.8. The minimum atomic E-state index is -0.906. The number of hydrogen-bond acceptors (Lipinski definition) is 6. The first-order chi connectivity index (χ1) is 23.7. The summed E-state index contributed by atoms with van der Waals surface area (Å²) in [5.41, 5.74) is 5.61. The van der Waals surface area contributed by atoms with Gasteiger partial charge >= 0.3 is 11.9 Å². The zero-order chi connectivity index (χ0) is 36.3. The number of rotatable bonds is 36. The maximum absolute atomic E-state index is 12.7. The van der Waals surface area contributed by atoms with Crippen molar-refractivity contribution < 1.29 is 24.2 Å². The van der Waals surface area contributed by atoms with Gasteiger partial charge in [-0.2, -0.15) is 0 Å². The van der Waals surface area contributed by atoms with Gasteiger partial charge in [0.2, 0.25) is 0 Å². The molecular formula is C43H81NO5. The average molecular weight is 692 g/mol. The second-order valence-corrected chi connectivity index (χ2v) is 15.1. The third kappa shape index (κ3) is 34.6. The highest BCUT2D eigenvalue weighted by Crippen LogP contribution is 2.20. The van der Waals surface area contributed by atoms with Crippen LogP contribution in [0.25, 0.3) is 0 Å². The van der Waals surface area contributed by atoms with Gasteiger partial charge < -0.3 is 20.3 Å². The predicted molar refractivity (Wildman–Crippen MR) is 209 cm³/mol. The molecule has 3 N–H and O–H groups in total. The monoisotopic (exact) mass is 692 g/mol. The topological polar surface area (TPSA) is 98.8 Å². The lowest BCUT2D eigenvalue weighted by Crippen LogP contribution is -2.45. The van der Waals surface area contributed by atoms with E-state index in [1.807, 2.05) is 13.8 Å². The highest BCUT2D eigenvalue weighted by molar-refractivity contribution is 5.70. The molecule has 0 aromatic rings. The molecule has 0 rings (SSSR count). The van der Waals surface area contributed by atoms with Crippen molar-refractivity contribution in [3.05, 3.63) is 24.3 Å². The van der Waals surface area contributed by atoms with E-state index in [0.29, 0.717) is 19.3 Å². The Kier molecular flexibility index (Phi) is 33.6. The number of unbranched alkanes of at least 4 members (excludes halogenated alkanes) is 22. The number of nitrogens with two attached hydrogens (primary N) is 1. The van der Waals surface area contributed by atoms with E-state index in [4.69, 9.17) is 15.2 Å². The van der Waals surface area contributed by atoms with E-state index >= 15 is 0 Å². The Morgan fingerprint density at radius 3 is 1.16 bits per heavy atom. The molecule has 0 aromatic heterocycles. The number of aliphatic hydroxyl groups excluding tert-OH is 1. The summed E-state index contributed by atoms with van der Waals surface area (Å²) < 4.78 is 11.4. The minimum absolute atomic E-state index is 0.302. The van der Waals surface area contributed by atoms with Gasteiger partial charge in [-0.15, -0.1) is 0 Å². The molecule has 0 saturated heterocycles. The van der Waals surface area contributed by atoms with E-state index in [-0.39, 0.29) is 11.9 Å². The lowest BCUT2D eigenvalue weighted by Gasteiger charge is -2.30. The summed E-state index contributed by atoms with van der Waals surface area (Å²) in [4.78, 5) is 25.3. The van der Waals surface area contributed by atoms with Crippen LogP contribution in [0.15, 0.2) is 24.3 Å². The zero-order valence-corrected chi connectivity index (χ0v) is 32.8. The van der Waals surface area contributed by atoms with Crippen LogP contribution in [0.5, 0.6) is 0 Å². The maximum atomic E-state index is 12.7. The van der Waals surface area contributed by atoms with Crippen LogP contribution in [-0.2, 0) is 19.1 Å². The maximum Gasteiger partial charge on any atom is 0.306 e. The summed E-state index contributed by atoms with van der Waals surface area (Å²) in [7, 11) is 0.